The van der Waals surface area contributed by atoms with E-state index in [2.05, 4.69) is 13.8 Å². The van der Waals surface area contributed by atoms with Crippen LogP contribution in [0.25, 0.3) is 0 Å². The minimum atomic E-state index is -0.893. The number of hydrogen-bond donors (Lipinski definition) is 2. The van der Waals surface area contributed by atoms with Gasteiger partial charge in [0.05, 0.1) is 5.92 Å². The van der Waals surface area contributed by atoms with Crippen LogP contribution in [0.4, 0.5) is 4.79 Å². The van der Waals surface area contributed by atoms with Gasteiger partial charge in [0.1, 0.15) is 0 Å². The molecule has 1 fully saturated rings. The van der Waals surface area contributed by atoms with Gasteiger partial charge in [-0.3, -0.25) is 4.79 Å². The molecule has 120 valence electrons. The van der Waals surface area contributed by atoms with E-state index in [1.165, 1.54) is 10.5 Å². The van der Waals surface area contributed by atoms with Gasteiger partial charge in [-0.1, -0.05) is 38.1 Å². The third-order valence-electron chi connectivity index (χ3n) is 4.55. The zero-order valence-corrected chi connectivity index (χ0v) is 13.2. The molecule has 1 aliphatic rings. The van der Waals surface area contributed by atoms with Crippen molar-refractivity contribution in [1.82, 2.24) is 4.90 Å². The number of rotatable bonds is 4. The second kappa shape index (κ2) is 6.81. The van der Waals surface area contributed by atoms with Crippen LogP contribution in [0.2, 0.25) is 0 Å². The number of benzene rings is 1. The van der Waals surface area contributed by atoms with Gasteiger partial charge >= 0.3 is 6.09 Å². The highest BCUT2D eigenvalue weighted by Gasteiger charge is 2.32. The van der Waals surface area contributed by atoms with E-state index >= 15 is 0 Å². The van der Waals surface area contributed by atoms with Crippen LogP contribution in [0.1, 0.15) is 49.7 Å². The molecule has 2 rings (SSSR count). The van der Waals surface area contributed by atoms with E-state index in [-0.39, 0.29) is 17.7 Å². The first-order valence-corrected chi connectivity index (χ1v) is 7.77. The fourth-order valence-electron chi connectivity index (χ4n) is 3.18. The quantitative estimate of drug-likeness (QED) is 0.897. The zero-order chi connectivity index (χ0) is 16.3. The zero-order valence-electron chi connectivity index (χ0n) is 13.2. The molecule has 3 N–H and O–H groups in total. The number of carbonyl (C=O) groups is 2. The van der Waals surface area contributed by atoms with Crippen molar-refractivity contribution in [1.29, 1.82) is 0 Å². The summed E-state index contributed by atoms with van der Waals surface area (Å²) in [5.74, 6) is -0.110. The normalized spacial score (nSPS) is 17.5. The van der Waals surface area contributed by atoms with Crippen LogP contribution in [-0.4, -0.2) is 35.1 Å². The first-order valence-electron chi connectivity index (χ1n) is 7.77. The highest BCUT2D eigenvalue weighted by Crippen LogP contribution is 2.33. The lowest BCUT2D eigenvalue weighted by Crippen LogP contribution is -2.41. The molecule has 1 unspecified atom stereocenters. The highest BCUT2D eigenvalue weighted by molar-refractivity contribution is 5.82. The highest BCUT2D eigenvalue weighted by atomic mass is 16.4. The average Bonchev–Trinajstić information content (AvgIpc) is 2.48. The Labute approximate surface area is 131 Å². The Morgan fingerprint density at radius 2 is 1.64 bits per heavy atom. The third kappa shape index (κ3) is 3.59. The molecule has 22 heavy (non-hydrogen) atoms. The number of hydrogen-bond acceptors (Lipinski definition) is 2. The second-order valence-electron chi connectivity index (χ2n) is 6.31. The van der Waals surface area contributed by atoms with Gasteiger partial charge in [-0.2, -0.15) is 0 Å². The number of piperidine rings is 1. The molecule has 1 aliphatic heterocycles. The SMILES string of the molecule is CC(C)c1ccc(C(C(N)=O)C2CCN(C(=O)O)CC2)cc1. The average molecular weight is 304 g/mol. The van der Waals surface area contributed by atoms with Crippen LogP contribution in [-0.2, 0) is 4.79 Å². The van der Waals surface area contributed by atoms with Crippen molar-refractivity contribution in [3.05, 3.63) is 35.4 Å². The summed E-state index contributed by atoms with van der Waals surface area (Å²) in [5.41, 5.74) is 7.79. The van der Waals surface area contributed by atoms with Crippen molar-refractivity contribution >= 4 is 12.0 Å². The van der Waals surface area contributed by atoms with E-state index < -0.39 is 6.09 Å². The first-order chi connectivity index (χ1) is 10.4. The lowest BCUT2D eigenvalue weighted by atomic mass is 9.79. The summed E-state index contributed by atoms with van der Waals surface area (Å²) in [4.78, 5) is 24.3. The van der Waals surface area contributed by atoms with Crippen molar-refractivity contribution in [3.8, 4) is 0 Å². The maximum absolute atomic E-state index is 11.9. The summed E-state index contributed by atoms with van der Waals surface area (Å²) < 4.78 is 0. The van der Waals surface area contributed by atoms with Gasteiger partial charge in [-0.25, -0.2) is 4.79 Å². The van der Waals surface area contributed by atoms with E-state index in [1.807, 2.05) is 24.3 Å². The van der Waals surface area contributed by atoms with Crippen LogP contribution in [0.5, 0.6) is 0 Å². The van der Waals surface area contributed by atoms with Crippen molar-refractivity contribution in [2.24, 2.45) is 11.7 Å². The maximum Gasteiger partial charge on any atom is 0.407 e. The van der Waals surface area contributed by atoms with Crippen LogP contribution < -0.4 is 5.73 Å². The lowest BCUT2D eigenvalue weighted by Gasteiger charge is -2.33. The predicted molar refractivity (Wildman–Crippen MR) is 84.8 cm³/mol. The molecule has 1 aromatic rings. The standard InChI is InChI=1S/C17H24N2O3/c1-11(2)12-3-5-13(6-4-12)15(16(18)20)14-7-9-19(10-8-14)17(21)22/h3-6,11,14-15H,7-10H2,1-2H3,(H2,18,20)(H,21,22). The monoisotopic (exact) mass is 304 g/mol. The second-order valence-corrected chi connectivity index (χ2v) is 6.31. The molecule has 5 nitrogen and oxygen atoms in total. The number of carboxylic acid groups (broad SMARTS) is 1. The van der Waals surface area contributed by atoms with Gasteiger partial charge in [-0.05, 0) is 35.8 Å². The molecule has 5 heteroatoms. The fourth-order valence-corrected chi connectivity index (χ4v) is 3.18. The number of primary amides is 1. The van der Waals surface area contributed by atoms with E-state index in [0.717, 1.165) is 5.56 Å². The number of nitrogens with zero attached hydrogens (tertiary/aromatic N) is 1. The summed E-state index contributed by atoms with van der Waals surface area (Å²) in [7, 11) is 0. The molecule has 0 spiro atoms. The van der Waals surface area contributed by atoms with Gasteiger partial charge in [0, 0.05) is 13.1 Å². The Kier molecular flexibility index (Phi) is 5.06. The van der Waals surface area contributed by atoms with Gasteiger partial charge < -0.3 is 15.7 Å². The van der Waals surface area contributed by atoms with E-state index in [0.29, 0.717) is 31.8 Å². The summed E-state index contributed by atoms with van der Waals surface area (Å²) in [6.07, 6.45) is 0.452. The number of amides is 2. The molecule has 0 saturated carbocycles. The minimum absolute atomic E-state index is 0.109. The summed E-state index contributed by atoms with van der Waals surface area (Å²) in [6.45, 7) is 5.19. The molecule has 0 aliphatic carbocycles. The van der Waals surface area contributed by atoms with Crippen molar-refractivity contribution in [2.75, 3.05) is 13.1 Å². The van der Waals surface area contributed by atoms with Crippen molar-refractivity contribution in [3.63, 3.8) is 0 Å². The van der Waals surface area contributed by atoms with Crippen LogP contribution in [0, 0.1) is 5.92 Å². The van der Waals surface area contributed by atoms with E-state index in [9.17, 15) is 9.59 Å². The molecule has 0 aromatic heterocycles. The Morgan fingerprint density at radius 1 is 1.14 bits per heavy atom. The molecule has 1 heterocycles. The van der Waals surface area contributed by atoms with Crippen molar-refractivity contribution in [2.45, 2.75) is 38.5 Å². The van der Waals surface area contributed by atoms with Gasteiger partial charge in [-0.15, -0.1) is 0 Å². The fraction of sp³-hybridized carbons (Fsp3) is 0.529. The van der Waals surface area contributed by atoms with Gasteiger partial charge in [0.2, 0.25) is 5.91 Å². The topological polar surface area (TPSA) is 83.6 Å². The molecular formula is C17H24N2O3. The van der Waals surface area contributed by atoms with Gasteiger partial charge in [0.25, 0.3) is 0 Å². The molecule has 0 radical (unpaired) electrons. The van der Waals surface area contributed by atoms with Crippen LogP contribution >= 0.6 is 0 Å². The summed E-state index contributed by atoms with van der Waals surface area (Å²) in [6, 6.07) is 8.05. The van der Waals surface area contributed by atoms with E-state index in [4.69, 9.17) is 10.8 Å². The Bertz CT molecular complexity index is 531. The molecule has 1 aromatic carbocycles. The molecule has 1 atom stereocenters. The number of likely N-dealkylation sites (tertiary alicyclic amines) is 1. The Morgan fingerprint density at radius 3 is 2.05 bits per heavy atom. The molecular weight excluding hydrogens is 280 g/mol. The lowest BCUT2D eigenvalue weighted by molar-refractivity contribution is -0.121. The van der Waals surface area contributed by atoms with Crippen molar-refractivity contribution < 1.29 is 14.7 Å². The third-order valence-corrected chi connectivity index (χ3v) is 4.55. The summed E-state index contributed by atoms with van der Waals surface area (Å²) in [5, 5.41) is 9.01. The molecule has 0 bridgehead atoms. The molecule has 2 amide bonds. The largest absolute Gasteiger partial charge is 0.465 e. The number of nitrogens with two attached hydrogens (primary N) is 1. The van der Waals surface area contributed by atoms with Crippen LogP contribution in [0.3, 0.4) is 0 Å². The Hall–Kier alpha value is -2.04. The predicted octanol–water partition coefficient (Wildman–Crippen LogP) is 2.77. The smallest absolute Gasteiger partial charge is 0.407 e. The maximum atomic E-state index is 11.9. The first kappa shape index (κ1) is 16.3. The molecule has 1 saturated heterocycles. The van der Waals surface area contributed by atoms with E-state index in [1.54, 1.807) is 0 Å². The van der Waals surface area contributed by atoms with Crippen LogP contribution in [0.15, 0.2) is 24.3 Å². The van der Waals surface area contributed by atoms with Gasteiger partial charge in [0.15, 0.2) is 0 Å². The summed E-state index contributed by atoms with van der Waals surface area (Å²) >= 11 is 0. The minimum Gasteiger partial charge on any atom is -0.465 e. The Balaban J connectivity index is 2.14. The number of carbonyl (C=O) groups excluding carboxylic acids is 1.